The summed E-state index contributed by atoms with van der Waals surface area (Å²) in [6, 6.07) is 9.11. The molecule has 1 saturated heterocycles. The van der Waals surface area contributed by atoms with Crippen molar-refractivity contribution in [3.8, 4) is 5.75 Å². The van der Waals surface area contributed by atoms with Gasteiger partial charge in [-0.3, -0.25) is 9.78 Å². The quantitative estimate of drug-likeness (QED) is 0.270. The van der Waals surface area contributed by atoms with Crippen LogP contribution in [0.25, 0.3) is 10.9 Å². The number of alkyl halides is 1. The number of carboxylic acids is 1. The second-order valence-electron chi connectivity index (χ2n) is 8.78. The molecule has 0 amide bonds. The third kappa shape index (κ3) is 6.10. The summed E-state index contributed by atoms with van der Waals surface area (Å²) in [6.07, 6.45) is 6.47. The Balaban J connectivity index is 1.31. The molecule has 0 radical (unpaired) electrons. The van der Waals surface area contributed by atoms with Crippen molar-refractivity contribution in [3.63, 3.8) is 0 Å². The Morgan fingerprint density at radius 3 is 3.03 bits per heavy atom. The Morgan fingerprint density at radius 2 is 2.26 bits per heavy atom. The first-order chi connectivity index (χ1) is 16.5. The number of aliphatic carboxylic acids is 1. The standard InChI is InChI=1S/C26H31FN2O4S/c1-32-19-4-6-25-22(15-19)21(7-10-28-25)24(27)5-3-18-8-12-29(16-23(18)26(30)31)11-2-14-34-20-9-13-33-17-20/h4,6-7,9-10,13,15,17-18,23-24H,2-3,5,8,11-12,14,16H2,1H3,(H,30,31)/t18-,23+,24+/m1/s1. The molecule has 0 unspecified atom stereocenters. The molecule has 6 nitrogen and oxygen atoms in total. The van der Waals surface area contributed by atoms with Crippen molar-refractivity contribution >= 4 is 28.6 Å². The second-order valence-corrected chi connectivity index (χ2v) is 9.95. The number of furan rings is 1. The van der Waals surface area contributed by atoms with Crippen LogP contribution in [0.4, 0.5) is 4.39 Å². The average Bonchev–Trinajstić information content (AvgIpc) is 3.38. The maximum absolute atomic E-state index is 15.3. The van der Waals surface area contributed by atoms with E-state index in [9.17, 15) is 9.90 Å². The van der Waals surface area contributed by atoms with Gasteiger partial charge in [0.05, 0.1) is 24.8 Å². The molecule has 1 aliphatic heterocycles. The number of piperidine rings is 1. The Bertz CT molecular complexity index is 1080. The van der Waals surface area contributed by atoms with Crippen molar-refractivity contribution in [2.45, 2.75) is 36.8 Å². The number of likely N-dealkylation sites (tertiary alicyclic amines) is 1. The van der Waals surface area contributed by atoms with E-state index in [1.807, 2.05) is 24.3 Å². The Morgan fingerprint density at radius 1 is 1.38 bits per heavy atom. The molecule has 0 bridgehead atoms. The summed E-state index contributed by atoms with van der Waals surface area (Å²) < 4.78 is 25.7. The smallest absolute Gasteiger partial charge is 0.308 e. The molecule has 2 aromatic heterocycles. The number of thioether (sulfide) groups is 1. The lowest BCUT2D eigenvalue weighted by molar-refractivity contribution is -0.146. The van der Waals surface area contributed by atoms with Gasteiger partial charge in [0.25, 0.3) is 0 Å². The van der Waals surface area contributed by atoms with Crippen LogP contribution < -0.4 is 4.74 Å². The first kappa shape index (κ1) is 24.5. The minimum absolute atomic E-state index is 0.0186. The highest BCUT2D eigenvalue weighted by atomic mass is 32.2. The maximum Gasteiger partial charge on any atom is 0.308 e. The van der Waals surface area contributed by atoms with Crippen LogP contribution in [0.2, 0.25) is 0 Å². The minimum Gasteiger partial charge on any atom is -0.497 e. The van der Waals surface area contributed by atoms with Crippen LogP contribution in [0.3, 0.4) is 0 Å². The van der Waals surface area contributed by atoms with Gasteiger partial charge < -0.3 is 19.2 Å². The van der Waals surface area contributed by atoms with E-state index < -0.39 is 18.1 Å². The number of carbonyl (C=O) groups is 1. The number of halogens is 1. The van der Waals surface area contributed by atoms with E-state index in [0.29, 0.717) is 30.7 Å². The SMILES string of the molecule is COc1ccc2nccc([C@@H](F)CC[C@@H]3CCN(CCCSc4ccoc4)C[C@@H]3C(=O)O)c2c1. The van der Waals surface area contributed by atoms with Gasteiger partial charge in [-0.2, -0.15) is 0 Å². The molecular weight excluding hydrogens is 455 g/mol. The van der Waals surface area contributed by atoms with Crippen molar-refractivity contribution in [3.05, 3.63) is 54.6 Å². The minimum atomic E-state index is -1.18. The fourth-order valence-corrected chi connectivity index (χ4v) is 5.56. The van der Waals surface area contributed by atoms with E-state index in [4.69, 9.17) is 9.15 Å². The van der Waals surface area contributed by atoms with Crippen LogP contribution in [0, 0.1) is 11.8 Å². The number of hydrogen-bond acceptors (Lipinski definition) is 6. The highest BCUT2D eigenvalue weighted by Crippen LogP contribution is 2.35. The van der Waals surface area contributed by atoms with Gasteiger partial charge in [-0.1, -0.05) is 0 Å². The van der Waals surface area contributed by atoms with Crippen LogP contribution in [0.15, 0.2) is 58.4 Å². The summed E-state index contributed by atoms with van der Waals surface area (Å²) in [6.45, 7) is 2.26. The number of fused-ring (bicyclic) bond motifs is 1. The Hall–Kier alpha value is -2.58. The number of benzene rings is 1. The fraction of sp³-hybridized carbons (Fsp3) is 0.462. The number of methoxy groups -OCH3 is 1. The summed E-state index contributed by atoms with van der Waals surface area (Å²) in [5, 5.41) is 10.6. The first-order valence-corrected chi connectivity index (χ1v) is 12.7. The van der Waals surface area contributed by atoms with E-state index >= 15 is 4.39 Å². The predicted molar refractivity (Wildman–Crippen MR) is 131 cm³/mol. The van der Waals surface area contributed by atoms with Crippen molar-refractivity contribution in [1.82, 2.24) is 9.88 Å². The van der Waals surface area contributed by atoms with E-state index in [1.165, 1.54) is 0 Å². The highest BCUT2D eigenvalue weighted by molar-refractivity contribution is 7.99. The first-order valence-electron chi connectivity index (χ1n) is 11.7. The monoisotopic (exact) mass is 486 g/mol. The highest BCUT2D eigenvalue weighted by Gasteiger charge is 2.34. The molecule has 3 heterocycles. The molecule has 1 N–H and O–H groups in total. The van der Waals surface area contributed by atoms with Gasteiger partial charge in [-0.25, -0.2) is 4.39 Å². The molecule has 8 heteroatoms. The Labute approximate surface area is 203 Å². The van der Waals surface area contributed by atoms with Crippen LogP contribution in [-0.2, 0) is 4.79 Å². The number of rotatable bonds is 11. The van der Waals surface area contributed by atoms with Gasteiger partial charge in [0.15, 0.2) is 0 Å². The largest absolute Gasteiger partial charge is 0.497 e. The molecule has 3 atom stereocenters. The van der Waals surface area contributed by atoms with Gasteiger partial charge in [0.1, 0.15) is 18.2 Å². The summed E-state index contributed by atoms with van der Waals surface area (Å²) >= 11 is 1.74. The van der Waals surface area contributed by atoms with Crippen LogP contribution in [0.1, 0.15) is 37.4 Å². The molecule has 4 rings (SSSR count). The van der Waals surface area contributed by atoms with Crippen LogP contribution >= 0.6 is 11.8 Å². The topological polar surface area (TPSA) is 75.8 Å². The van der Waals surface area contributed by atoms with Gasteiger partial charge in [0.2, 0.25) is 0 Å². The average molecular weight is 487 g/mol. The zero-order chi connectivity index (χ0) is 23.9. The number of pyridine rings is 1. The van der Waals surface area contributed by atoms with Crippen LogP contribution in [0.5, 0.6) is 5.75 Å². The molecular formula is C26H31FN2O4S. The molecule has 1 fully saturated rings. The normalized spacial score (nSPS) is 19.8. The molecule has 3 aromatic rings. The van der Waals surface area contributed by atoms with Gasteiger partial charge in [-0.15, -0.1) is 11.8 Å². The zero-order valence-electron chi connectivity index (χ0n) is 19.4. The summed E-state index contributed by atoms with van der Waals surface area (Å²) in [4.78, 5) is 19.7. The fourth-order valence-electron chi connectivity index (χ4n) is 4.77. The van der Waals surface area contributed by atoms with Gasteiger partial charge in [0, 0.05) is 23.0 Å². The second kappa shape index (κ2) is 11.7. The van der Waals surface area contributed by atoms with Crippen molar-refractivity contribution in [2.24, 2.45) is 11.8 Å². The summed E-state index contributed by atoms with van der Waals surface area (Å²) in [5.74, 6) is 0.366. The maximum atomic E-state index is 15.3. The third-order valence-electron chi connectivity index (χ3n) is 6.65. The summed E-state index contributed by atoms with van der Waals surface area (Å²) in [7, 11) is 1.58. The number of hydrogen-bond donors (Lipinski definition) is 1. The molecule has 1 aromatic carbocycles. The third-order valence-corrected chi connectivity index (χ3v) is 7.71. The Kier molecular flexibility index (Phi) is 8.45. The molecule has 1 aliphatic rings. The van der Waals surface area contributed by atoms with E-state index in [2.05, 4.69) is 9.88 Å². The molecule has 34 heavy (non-hydrogen) atoms. The summed E-state index contributed by atoms with van der Waals surface area (Å²) in [5.41, 5.74) is 1.31. The van der Waals surface area contributed by atoms with E-state index in [-0.39, 0.29) is 5.92 Å². The molecule has 0 spiro atoms. The predicted octanol–water partition coefficient (Wildman–Crippen LogP) is 5.83. The number of ether oxygens (including phenoxy) is 1. The molecule has 182 valence electrons. The molecule has 0 saturated carbocycles. The zero-order valence-corrected chi connectivity index (χ0v) is 20.2. The van der Waals surface area contributed by atoms with Crippen molar-refractivity contribution in [1.29, 1.82) is 0 Å². The van der Waals surface area contributed by atoms with Crippen molar-refractivity contribution in [2.75, 3.05) is 32.5 Å². The lowest BCUT2D eigenvalue weighted by Crippen LogP contribution is -2.44. The number of carboxylic acid groups (broad SMARTS) is 1. The number of aromatic nitrogens is 1. The lowest BCUT2D eigenvalue weighted by Gasteiger charge is -2.36. The number of nitrogens with zero attached hydrogens (tertiary/aromatic N) is 2. The van der Waals surface area contributed by atoms with Crippen LogP contribution in [-0.4, -0.2) is 53.5 Å². The van der Waals surface area contributed by atoms with Gasteiger partial charge >= 0.3 is 5.97 Å². The van der Waals surface area contributed by atoms with E-state index in [0.717, 1.165) is 47.5 Å². The molecule has 0 aliphatic carbocycles. The lowest BCUT2D eigenvalue weighted by atomic mass is 9.81. The van der Waals surface area contributed by atoms with Crippen molar-refractivity contribution < 1.29 is 23.4 Å². The van der Waals surface area contributed by atoms with E-state index in [1.54, 1.807) is 43.7 Å². The van der Waals surface area contributed by atoms with Gasteiger partial charge in [-0.05, 0) is 86.3 Å².